The molecule has 0 heterocycles. The van der Waals surface area contributed by atoms with Gasteiger partial charge in [-0.3, -0.25) is 4.79 Å². The second kappa shape index (κ2) is 5.33. The minimum Gasteiger partial charge on any atom is -0.482 e. The smallest absolute Gasteiger partial charge is 0.341 e. The van der Waals surface area contributed by atoms with Gasteiger partial charge in [0.2, 0.25) is 0 Å². The van der Waals surface area contributed by atoms with Crippen LogP contribution in [0.5, 0.6) is 5.75 Å². The maximum Gasteiger partial charge on any atom is 0.341 e. The first-order valence-electron chi connectivity index (χ1n) is 8.87. The number of carboxylic acids is 1. The van der Waals surface area contributed by atoms with E-state index >= 15 is 0 Å². The predicted molar refractivity (Wildman–Crippen MR) is 89.0 cm³/mol. The van der Waals surface area contributed by atoms with Gasteiger partial charge in [0.15, 0.2) is 6.61 Å². The molecule has 5 rings (SSSR count). The lowest BCUT2D eigenvalue weighted by molar-refractivity contribution is -0.144. The molecule has 4 nitrogen and oxygen atoms in total. The lowest BCUT2D eigenvalue weighted by Crippen LogP contribution is -2.56. The molecule has 0 aliphatic heterocycles. The van der Waals surface area contributed by atoms with Crippen LogP contribution in [0.2, 0.25) is 0 Å². The van der Waals surface area contributed by atoms with Crippen molar-refractivity contribution in [2.24, 2.45) is 17.3 Å². The second-order valence-electron chi connectivity index (χ2n) is 8.28. The summed E-state index contributed by atoms with van der Waals surface area (Å²) in [6.45, 7) is 1.46. The second-order valence-corrected chi connectivity index (χ2v) is 8.28. The Bertz CT molecular complexity index is 661. The third kappa shape index (κ3) is 2.43. The normalized spacial score (nSPS) is 36.5. The van der Waals surface area contributed by atoms with Crippen molar-refractivity contribution in [1.82, 2.24) is 0 Å². The summed E-state index contributed by atoms with van der Waals surface area (Å²) in [5.74, 6) is 1.36. The van der Waals surface area contributed by atoms with Crippen molar-refractivity contribution in [3.8, 4) is 5.75 Å². The van der Waals surface area contributed by atoms with Crippen LogP contribution in [0.15, 0.2) is 24.3 Å². The number of aliphatic carboxylic acids is 1. The molecule has 4 fully saturated rings. The summed E-state index contributed by atoms with van der Waals surface area (Å²) >= 11 is 0. The highest BCUT2D eigenvalue weighted by Crippen LogP contribution is 2.65. The molecule has 4 heteroatoms. The minimum absolute atomic E-state index is 0.0947. The molecule has 0 spiro atoms. The van der Waals surface area contributed by atoms with E-state index in [9.17, 15) is 9.59 Å². The van der Waals surface area contributed by atoms with Gasteiger partial charge in [-0.15, -0.1) is 0 Å². The van der Waals surface area contributed by atoms with Crippen LogP contribution >= 0.6 is 0 Å². The number of carbonyl (C=O) groups excluding carboxylic acids is 1. The molecular weight excluding hydrogens is 304 g/mol. The minimum atomic E-state index is -0.969. The Morgan fingerprint density at radius 3 is 2.29 bits per heavy atom. The molecule has 2 atom stereocenters. The summed E-state index contributed by atoms with van der Waals surface area (Å²) in [7, 11) is 0. The van der Waals surface area contributed by atoms with Crippen molar-refractivity contribution in [3.05, 3.63) is 29.8 Å². The summed E-state index contributed by atoms with van der Waals surface area (Å²) in [5.41, 5.74) is 1.33. The Balaban J connectivity index is 1.61. The van der Waals surface area contributed by atoms with Crippen molar-refractivity contribution in [1.29, 1.82) is 0 Å². The molecule has 4 aliphatic carbocycles. The monoisotopic (exact) mass is 328 g/mol. The zero-order valence-electron chi connectivity index (χ0n) is 14.1. The van der Waals surface area contributed by atoms with Gasteiger partial charge in [-0.2, -0.15) is 0 Å². The summed E-state index contributed by atoms with van der Waals surface area (Å²) in [4.78, 5) is 23.0. The molecule has 4 aliphatic rings. The highest BCUT2D eigenvalue weighted by molar-refractivity contribution is 5.83. The van der Waals surface area contributed by atoms with E-state index in [1.807, 2.05) is 12.1 Å². The molecule has 4 bridgehead atoms. The Morgan fingerprint density at radius 2 is 1.75 bits per heavy atom. The maximum atomic E-state index is 12.4. The molecule has 0 radical (unpaired) electrons. The molecule has 0 amide bonds. The van der Waals surface area contributed by atoms with E-state index in [2.05, 4.69) is 12.1 Å². The SMILES string of the molecule is CC(=O)C12CC3CC(C1)CC(c1ccc(OCC(=O)O)cc1)(C3)C2. The van der Waals surface area contributed by atoms with Crippen LogP contribution in [0.4, 0.5) is 0 Å². The van der Waals surface area contributed by atoms with Gasteiger partial charge in [-0.1, -0.05) is 12.1 Å². The number of benzene rings is 1. The molecule has 4 saturated carbocycles. The van der Waals surface area contributed by atoms with Crippen molar-refractivity contribution in [2.75, 3.05) is 6.61 Å². The van der Waals surface area contributed by atoms with Gasteiger partial charge in [0, 0.05) is 5.41 Å². The highest BCUT2D eigenvalue weighted by Gasteiger charge is 2.59. The van der Waals surface area contributed by atoms with E-state index in [1.54, 1.807) is 6.92 Å². The van der Waals surface area contributed by atoms with Crippen LogP contribution in [-0.4, -0.2) is 23.5 Å². The number of ketones is 1. The van der Waals surface area contributed by atoms with E-state index in [4.69, 9.17) is 9.84 Å². The fourth-order valence-electron chi connectivity index (χ4n) is 6.06. The zero-order chi connectivity index (χ0) is 16.9. The van der Waals surface area contributed by atoms with E-state index in [-0.39, 0.29) is 17.4 Å². The lowest BCUT2D eigenvalue weighted by atomic mass is 9.42. The van der Waals surface area contributed by atoms with Gasteiger partial charge in [0.05, 0.1) is 0 Å². The van der Waals surface area contributed by atoms with Gasteiger partial charge < -0.3 is 9.84 Å². The van der Waals surface area contributed by atoms with Crippen molar-refractivity contribution in [3.63, 3.8) is 0 Å². The molecule has 1 aromatic carbocycles. The third-order valence-corrected chi connectivity index (χ3v) is 6.64. The summed E-state index contributed by atoms with van der Waals surface area (Å²) in [6.07, 6.45) is 6.82. The Hall–Kier alpha value is -1.84. The van der Waals surface area contributed by atoms with Gasteiger partial charge >= 0.3 is 5.97 Å². The van der Waals surface area contributed by atoms with E-state index in [0.717, 1.165) is 19.3 Å². The number of Topliss-reactive ketones (excluding diaryl/α,β-unsaturated/α-hetero) is 1. The third-order valence-electron chi connectivity index (χ3n) is 6.64. The largest absolute Gasteiger partial charge is 0.482 e. The molecule has 1 N–H and O–H groups in total. The molecule has 0 saturated heterocycles. The van der Waals surface area contributed by atoms with Crippen LogP contribution in [0, 0.1) is 17.3 Å². The number of hydrogen-bond acceptors (Lipinski definition) is 3. The molecule has 1 aromatic rings. The average molecular weight is 328 g/mol. The predicted octanol–water partition coefficient (Wildman–Crippen LogP) is 3.58. The van der Waals surface area contributed by atoms with Crippen LogP contribution in [0.1, 0.15) is 51.0 Å². The zero-order valence-corrected chi connectivity index (χ0v) is 14.1. The fraction of sp³-hybridized carbons (Fsp3) is 0.600. The van der Waals surface area contributed by atoms with Crippen molar-refractivity contribution >= 4 is 11.8 Å². The summed E-state index contributed by atoms with van der Waals surface area (Å²) in [5, 5.41) is 8.71. The van der Waals surface area contributed by atoms with Gasteiger partial charge in [-0.25, -0.2) is 4.79 Å². The average Bonchev–Trinajstić information content (AvgIpc) is 2.52. The van der Waals surface area contributed by atoms with Gasteiger partial charge in [0.25, 0.3) is 0 Å². The Labute approximate surface area is 142 Å². The summed E-state index contributed by atoms with van der Waals surface area (Å²) in [6, 6.07) is 7.91. The first kappa shape index (κ1) is 15.7. The number of carboxylic acid groups (broad SMARTS) is 1. The molecular formula is C20H24O4. The number of ether oxygens (including phenoxy) is 1. The lowest BCUT2D eigenvalue weighted by Gasteiger charge is -2.61. The van der Waals surface area contributed by atoms with Crippen LogP contribution in [-0.2, 0) is 15.0 Å². The standard InChI is InChI=1S/C20H24O4/c1-13(21)19-7-14-6-15(8-19)10-20(9-14,12-19)16-2-4-17(5-3-16)24-11-18(22)23/h2-5,14-15H,6-12H2,1H3,(H,22,23). The van der Waals surface area contributed by atoms with Crippen LogP contribution in [0.25, 0.3) is 0 Å². The van der Waals surface area contributed by atoms with Crippen molar-refractivity contribution < 1.29 is 19.4 Å². The molecule has 0 aromatic heterocycles. The number of carbonyl (C=O) groups is 2. The number of hydrogen-bond donors (Lipinski definition) is 1. The van der Waals surface area contributed by atoms with E-state index in [1.165, 1.54) is 24.8 Å². The van der Waals surface area contributed by atoms with Crippen LogP contribution < -0.4 is 4.74 Å². The molecule has 2 unspecified atom stereocenters. The Kier molecular flexibility index (Phi) is 3.48. The van der Waals surface area contributed by atoms with Gasteiger partial charge in [-0.05, 0) is 80.4 Å². The molecule has 24 heavy (non-hydrogen) atoms. The van der Waals surface area contributed by atoms with Crippen LogP contribution in [0.3, 0.4) is 0 Å². The van der Waals surface area contributed by atoms with Crippen molar-refractivity contribution in [2.45, 2.75) is 50.9 Å². The quantitative estimate of drug-likeness (QED) is 0.897. The fourth-order valence-corrected chi connectivity index (χ4v) is 6.06. The Morgan fingerprint density at radius 1 is 1.12 bits per heavy atom. The maximum absolute atomic E-state index is 12.4. The number of rotatable bonds is 5. The van der Waals surface area contributed by atoms with Gasteiger partial charge in [0.1, 0.15) is 11.5 Å². The molecule has 128 valence electrons. The highest BCUT2D eigenvalue weighted by atomic mass is 16.5. The topological polar surface area (TPSA) is 63.6 Å². The first-order chi connectivity index (χ1) is 11.4. The summed E-state index contributed by atoms with van der Waals surface area (Å²) < 4.78 is 5.25. The first-order valence-corrected chi connectivity index (χ1v) is 8.87. The van der Waals surface area contributed by atoms with E-state index < -0.39 is 5.97 Å². The van der Waals surface area contributed by atoms with E-state index in [0.29, 0.717) is 23.4 Å².